The largest absolute Gasteiger partial charge is 0.375 e. The Hall–Kier alpha value is -0.550. The van der Waals surface area contributed by atoms with Crippen LogP contribution in [0.2, 0.25) is 0 Å². The van der Waals surface area contributed by atoms with Crippen LogP contribution in [0.3, 0.4) is 0 Å². The van der Waals surface area contributed by atoms with Gasteiger partial charge in [-0.15, -0.1) is 0 Å². The molecule has 0 saturated heterocycles. The number of rotatable bonds is 0. The van der Waals surface area contributed by atoms with Gasteiger partial charge in [-0.1, -0.05) is 13.3 Å². The standard InChI is InChI=1S/C8H13NO/c1-7-4-2-3-5-8(7,10)6-9/h7,10H,2-5H2,1H3/t7-,8+/m1/s1. The van der Waals surface area contributed by atoms with Gasteiger partial charge in [0.15, 0.2) is 5.60 Å². The topological polar surface area (TPSA) is 44.0 Å². The molecule has 1 saturated carbocycles. The Morgan fingerprint density at radius 1 is 1.60 bits per heavy atom. The monoisotopic (exact) mass is 139 g/mol. The van der Waals surface area contributed by atoms with Gasteiger partial charge in [-0.3, -0.25) is 0 Å². The van der Waals surface area contributed by atoms with E-state index in [0.29, 0.717) is 6.42 Å². The zero-order valence-corrected chi connectivity index (χ0v) is 6.30. The maximum atomic E-state index is 9.59. The van der Waals surface area contributed by atoms with Gasteiger partial charge < -0.3 is 5.11 Å². The quantitative estimate of drug-likeness (QED) is 0.516. The third-order valence-corrected chi connectivity index (χ3v) is 2.45. The first kappa shape index (κ1) is 7.56. The van der Waals surface area contributed by atoms with Crippen LogP contribution in [0, 0.1) is 17.2 Å². The number of aliphatic hydroxyl groups is 1. The molecule has 2 nitrogen and oxygen atoms in total. The second-order valence-electron chi connectivity index (χ2n) is 3.18. The van der Waals surface area contributed by atoms with Gasteiger partial charge in [0.1, 0.15) is 0 Å². The fourth-order valence-electron chi connectivity index (χ4n) is 1.50. The summed E-state index contributed by atoms with van der Waals surface area (Å²) < 4.78 is 0. The molecular formula is C8H13NO. The van der Waals surface area contributed by atoms with Gasteiger partial charge >= 0.3 is 0 Å². The second-order valence-corrected chi connectivity index (χ2v) is 3.18. The smallest absolute Gasteiger partial charge is 0.153 e. The van der Waals surface area contributed by atoms with E-state index in [4.69, 9.17) is 5.26 Å². The third-order valence-electron chi connectivity index (χ3n) is 2.45. The summed E-state index contributed by atoms with van der Waals surface area (Å²) in [5, 5.41) is 18.2. The van der Waals surface area contributed by atoms with E-state index in [1.54, 1.807) is 0 Å². The zero-order valence-electron chi connectivity index (χ0n) is 6.30. The highest BCUT2D eigenvalue weighted by Crippen LogP contribution is 2.32. The molecule has 56 valence electrons. The summed E-state index contributed by atoms with van der Waals surface area (Å²) in [6, 6.07) is 1.99. The van der Waals surface area contributed by atoms with Crippen LogP contribution < -0.4 is 0 Å². The predicted molar refractivity (Wildman–Crippen MR) is 38.2 cm³/mol. The minimum Gasteiger partial charge on any atom is -0.375 e. The van der Waals surface area contributed by atoms with Crippen LogP contribution >= 0.6 is 0 Å². The molecule has 2 heteroatoms. The minimum absolute atomic E-state index is 0.159. The molecule has 0 amide bonds. The zero-order chi connectivity index (χ0) is 7.61. The van der Waals surface area contributed by atoms with Gasteiger partial charge in [-0.25, -0.2) is 0 Å². The summed E-state index contributed by atoms with van der Waals surface area (Å²) >= 11 is 0. The average Bonchev–Trinajstić information content (AvgIpc) is 1.96. The molecule has 0 bridgehead atoms. The summed E-state index contributed by atoms with van der Waals surface area (Å²) in [5.41, 5.74) is -1.02. The van der Waals surface area contributed by atoms with Gasteiger partial charge in [0.2, 0.25) is 0 Å². The molecule has 0 aromatic rings. The molecule has 0 radical (unpaired) electrons. The second kappa shape index (κ2) is 2.59. The highest BCUT2D eigenvalue weighted by Gasteiger charge is 2.35. The Bertz CT molecular complexity index is 161. The first-order valence-electron chi connectivity index (χ1n) is 3.83. The molecule has 0 aromatic heterocycles. The van der Waals surface area contributed by atoms with Crippen LogP contribution in [-0.2, 0) is 0 Å². The van der Waals surface area contributed by atoms with Crippen LogP contribution in [0.4, 0.5) is 0 Å². The Morgan fingerprint density at radius 3 is 2.70 bits per heavy atom. The van der Waals surface area contributed by atoms with Crippen LogP contribution in [0.15, 0.2) is 0 Å². The highest BCUT2D eigenvalue weighted by molar-refractivity contribution is 5.04. The van der Waals surface area contributed by atoms with Crippen LogP contribution in [-0.4, -0.2) is 10.7 Å². The minimum atomic E-state index is -1.02. The van der Waals surface area contributed by atoms with E-state index in [9.17, 15) is 5.11 Å². The van der Waals surface area contributed by atoms with E-state index >= 15 is 0 Å². The summed E-state index contributed by atoms with van der Waals surface area (Å²) in [6.45, 7) is 1.95. The third kappa shape index (κ3) is 1.15. The summed E-state index contributed by atoms with van der Waals surface area (Å²) in [6.07, 6.45) is 3.80. The van der Waals surface area contributed by atoms with Crippen molar-refractivity contribution in [1.82, 2.24) is 0 Å². The van der Waals surface area contributed by atoms with Crippen molar-refractivity contribution >= 4 is 0 Å². The molecule has 0 aromatic carbocycles. The van der Waals surface area contributed by atoms with E-state index in [0.717, 1.165) is 19.3 Å². The number of nitriles is 1. The highest BCUT2D eigenvalue weighted by atomic mass is 16.3. The lowest BCUT2D eigenvalue weighted by Crippen LogP contribution is -2.37. The van der Waals surface area contributed by atoms with E-state index in [-0.39, 0.29) is 5.92 Å². The van der Waals surface area contributed by atoms with E-state index in [1.807, 2.05) is 13.0 Å². The molecule has 1 fully saturated rings. The van der Waals surface area contributed by atoms with E-state index in [2.05, 4.69) is 0 Å². The van der Waals surface area contributed by atoms with Crippen molar-refractivity contribution < 1.29 is 5.11 Å². The Morgan fingerprint density at radius 2 is 2.30 bits per heavy atom. The maximum absolute atomic E-state index is 9.59. The van der Waals surface area contributed by atoms with Gasteiger partial charge in [0.25, 0.3) is 0 Å². The van der Waals surface area contributed by atoms with E-state index in [1.165, 1.54) is 0 Å². The molecule has 1 aliphatic rings. The van der Waals surface area contributed by atoms with Gasteiger partial charge in [-0.2, -0.15) is 5.26 Å². The van der Waals surface area contributed by atoms with Crippen molar-refractivity contribution in [2.45, 2.75) is 38.2 Å². The fourth-order valence-corrected chi connectivity index (χ4v) is 1.50. The lowest BCUT2D eigenvalue weighted by Gasteiger charge is -2.31. The molecule has 1 aliphatic carbocycles. The number of hydrogen-bond donors (Lipinski definition) is 1. The van der Waals surface area contributed by atoms with Crippen LogP contribution in [0.5, 0.6) is 0 Å². The Labute approximate surface area is 61.5 Å². The molecule has 0 heterocycles. The van der Waals surface area contributed by atoms with Crippen molar-refractivity contribution in [2.75, 3.05) is 0 Å². The predicted octanol–water partition coefficient (Wildman–Crippen LogP) is 1.45. The first-order valence-corrected chi connectivity index (χ1v) is 3.83. The molecule has 0 unspecified atom stereocenters. The lowest BCUT2D eigenvalue weighted by molar-refractivity contribution is 0.0107. The fraction of sp³-hybridized carbons (Fsp3) is 0.875. The Balaban J connectivity index is 2.65. The lowest BCUT2D eigenvalue weighted by atomic mass is 9.77. The molecule has 2 atom stereocenters. The molecule has 1 rings (SSSR count). The first-order chi connectivity index (χ1) is 4.69. The summed E-state index contributed by atoms with van der Waals surface area (Å²) in [4.78, 5) is 0. The normalized spacial score (nSPS) is 40.7. The molecule has 10 heavy (non-hydrogen) atoms. The summed E-state index contributed by atoms with van der Waals surface area (Å²) in [7, 11) is 0. The maximum Gasteiger partial charge on any atom is 0.153 e. The van der Waals surface area contributed by atoms with Crippen LogP contribution in [0.25, 0.3) is 0 Å². The Kier molecular flexibility index (Phi) is 1.96. The van der Waals surface area contributed by atoms with Gasteiger partial charge in [0.05, 0.1) is 6.07 Å². The number of nitrogens with zero attached hydrogens (tertiary/aromatic N) is 1. The van der Waals surface area contributed by atoms with Crippen molar-refractivity contribution in [2.24, 2.45) is 5.92 Å². The molecule has 1 N–H and O–H groups in total. The summed E-state index contributed by atoms with van der Waals surface area (Å²) in [5.74, 6) is 0.159. The van der Waals surface area contributed by atoms with Gasteiger partial charge in [0, 0.05) is 0 Å². The molecular weight excluding hydrogens is 126 g/mol. The van der Waals surface area contributed by atoms with Crippen molar-refractivity contribution in [3.05, 3.63) is 0 Å². The van der Waals surface area contributed by atoms with Crippen molar-refractivity contribution in [3.63, 3.8) is 0 Å². The van der Waals surface area contributed by atoms with Crippen molar-refractivity contribution in [3.8, 4) is 6.07 Å². The SMILES string of the molecule is C[C@@H]1CCCC[C@]1(O)C#N. The van der Waals surface area contributed by atoms with Crippen molar-refractivity contribution in [1.29, 1.82) is 5.26 Å². The number of hydrogen-bond acceptors (Lipinski definition) is 2. The average molecular weight is 139 g/mol. The van der Waals surface area contributed by atoms with E-state index < -0.39 is 5.60 Å². The molecule has 0 spiro atoms. The van der Waals surface area contributed by atoms with Gasteiger partial charge in [-0.05, 0) is 25.2 Å². The van der Waals surface area contributed by atoms with Crippen LogP contribution in [0.1, 0.15) is 32.6 Å². The molecule has 0 aliphatic heterocycles.